The standard InChI is InChI=1S/C21H34N4O2/c1-6-23(5)13-16(2)12-22-21(27)25-10-9-24(20(26)15-25)14-19-8-7-17(3)18(4)11-19/h7-8,11,16H,6,9-10,12-15H2,1-5H3,(H,22,27)/t16-/m1/s1. The largest absolute Gasteiger partial charge is 0.338 e. The van der Waals surface area contributed by atoms with Crippen LogP contribution in [0.15, 0.2) is 18.2 Å². The lowest BCUT2D eigenvalue weighted by atomic mass is 10.1. The van der Waals surface area contributed by atoms with E-state index in [-0.39, 0.29) is 18.5 Å². The van der Waals surface area contributed by atoms with Crippen molar-refractivity contribution in [3.8, 4) is 0 Å². The first-order valence-electron chi connectivity index (χ1n) is 9.85. The summed E-state index contributed by atoms with van der Waals surface area (Å²) in [5, 5.41) is 2.97. The molecule has 6 heteroatoms. The molecule has 0 spiro atoms. The summed E-state index contributed by atoms with van der Waals surface area (Å²) in [6.45, 7) is 12.9. The van der Waals surface area contributed by atoms with Crippen LogP contribution in [0.25, 0.3) is 0 Å². The predicted octanol–water partition coefficient (Wildman–Crippen LogP) is 2.25. The van der Waals surface area contributed by atoms with E-state index in [1.165, 1.54) is 11.1 Å². The fraction of sp³-hybridized carbons (Fsp3) is 0.619. The van der Waals surface area contributed by atoms with Crippen LogP contribution in [-0.4, -0.2) is 73.0 Å². The molecular formula is C21H34N4O2. The van der Waals surface area contributed by atoms with Crippen molar-refractivity contribution in [2.45, 2.75) is 34.2 Å². The van der Waals surface area contributed by atoms with Gasteiger partial charge >= 0.3 is 6.03 Å². The summed E-state index contributed by atoms with van der Waals surface area (Å²) in [5.74, 6) is 0.383. The van der Waals surface area contributed by atoms with E-state index in [9.17, 15) is 9.59 Å². The van der Waals surface area contributed by atoms with E-state index < -0.39 is 0 Å². The van der Waals surface area contributed by atoms with E-state index in [0.29, 0.717) is 32.1 Å². The molecule has 1 N–H and O–H groups in total. The average molecular weight is 375 g/mol. The first kappa shape index (κ1) is 21.2. The van der Waals surface area contributed by atoms with Crippen molar-refractivity contribution < 1.29 is 9.59 Å². The predicted molar refractivity (Wildman–Crippen MR) is 109 cm³/mol. The summed E-state index contributed by atoms with van der Waals surface area (Å²) in [6, 6.07) is 6.16. The smallest absolute Gasteiger partial charge is 0.317 e. The van der Waals surface area contributed by atoms with Gasteiger partial charge in [-0.15, -0.1) is 0 Å². The number of amides is 3. The highest BCUT2D eigenvalue weighted by Gasteiger charge is 2.27. The highest BCUT2D eigenvalue weighted by Crippen LogP contribution is 2.14. The van der Waals surface area contributed by atoms with Crippen LogP contribution in [0.3, 0.4) is 0 Å². The number of nitrogens with zero attached hydrogens (tertiary/aromatic N) is 3. The van der Waals surface area contributed by atoms with E-state index in [0.717, 1.165) is 18.7 Å². The number of aryl methyl sites for hydroxylation is 2. The zero-order valence-electron chi connectivity index (χ0n) is 17.4. The molecule has 0 radical (unpaired) electrons. The van der Waals surface area contributed by atoms with Gasteiger partial charge in [0.2, 0.25) is 5.91 Å². The molecule has 0 aliphatic carbocycles. The van der Waals surface area contributed by atoms with Crippen molar-refractivity contribution >= 4 is 11.9 Å². The monoisotopic (exact) mass is 374 g/mol. The Morgan fingerprint density at radius 3 is 2.63 bits per heavy atom. The lowest BCUT2D eigenvalue weighted by Gasteiger charge is -2.34. The van der Waals surface area contributed by atoms with Gasteiger partial charge in [-0.3, -0.25) is 4.79 Å². The molecule has 1 aromatic carbocycles. The molecule has 1 atom stereocenters. The number of nitrogens with one attached hydrogen (secondary N) is 1. The molecule has 3 amide bonds. The van der Waals surface area contributed by atoms with Crippen LogP contribution in [0.1, 0.15) is 30.5 Å². The minimum atomic E-state index is -0.139. The fourth-order valence-electron chi connectivity index (χ4n) is 3.27. The van der Waals surface area contributed by atoms with Gasteiger partial charge in [0.25, 0.3) is 0 Å². The molecule has 1 saturated heterocycles. The van der Waals surface area contributed by atoms with Gasteiger partial charge in [0, 0.05) is 32.7 Å². The third kappa shape index (κ3) is 6.24. The zero-order valence-corrected chi connectivity index (χ0v) is 17.4. The lowest BCUT2D eigenvalue weighted by Crippen LogP contribution is -2.54. The maximum absolute atomic E-state index is 12.5. The Balaban J connectivity index is 1.80. The van der Waals surface area contributed by atoms with Gasteiger partial charge in [0.05, 0.1) is 0 Å². The Kier molecular flexibility index (Phi) is 7.66. The van der Waals surface area contributed by atoms with Gasteiger partial charge in [-0.1, -0.05) is 32.0 Å². The zero-order chi connectivity index (χ0) is 20.0. The molecule has 0 aromatic heterocycles. The number of rotatable bonds is 7. The van der Waals surface area contributed by atoms with Crippen molar-refractivity contribution in [1.29, 1.82) is 0 Å². The number of hydrogen-bond acceptors (Lipinski definition) is 3. The van der Waals surface area contributed by atoms with Crippen molar-refractivity contribution in [3.63, 3.8) is 0 Å². The van der Waals surface area contributed by atoms with Gasteiger partial charge < -0.3 is 20.0 Å². The number of benzene rings is 1. The fourth-order valence-corrected chi connectivity index (χ4v) is 3.27. The van der Waals surface area contributed by atoms with Gasteiger partial charge in [0.15, 0.2) is 0 Å². The van der Waals surface area contributed by atoms with Crippen molar-refractivity contribution in [1.82, 2.24) is 20.0 Å². The second-order valence-corrected chi connectivity index (χ2v) is 7.80. The van der Waals surface area contributed by atoms with Gasteiger partial charge in [0.1, 0.15) is 6.54 Å². The molecule has 2 rings (SSSR count). The SMILES string of the molecule is CCN(C)C[C@H](C)CNC(=O)N1CCN(Cc2ccc(C)c(C)c2)C(=O)C1. The summed E-state index contributed by atoms with van der Waals surface area (Å²) in [5.41, 5.74) is 3.63. The summed E-state index contributed by atoms with van der Waals surface area (Å²) in [4.78, 5) is 30.6. The molecule has 0 bridgehead atoms. The van der Waals surface area contributed by atoms with Crippen molar-refractivity contribution in [3.05, 3.63) is 34.9 Å². The van der Waals surface area contributed by atoms with Gasteiger partial charge in [-0.05, 0) is 50.0 Å². The van der Waals surface area contributed by atoms with Crippen molar-refractivity contribution in [2.24, 2.45) is 5.92 Å². The third-order valence-corrected chi connectivity index (χ3v) is 5.32. The van der Waals surface area contributed by atoms with Crippen LogP contribution in [0.4, 0.5) is 4.79 Å². The highest BCUT2D eigenvalue weighted by molar-refractivity contribution is 5.85. The number of hydrogen-bond donors (Lipinski definition) is 1. The molecule has 1 fully saturated rings. The Bertz CT molecular complexity index is 662. The first-order valence-corrected chi connectivity index (χ1v) is 9.85. The van der Waals surface area contributed by atoms with E-state index in [2.05, 4.69) is 63.2 Å². The Hall–Kier alpha value is -2.08. The van der Waals surface area contributed by atoms with Crippen LogP contribution < -0.4 is 5.32 Å². The number of carbonyl (C=O) groups excluding carboxylic acids is 2. The molecular weight excluding hydrogens is 340 g/mol. The first-order chi connectivity index (χ1) is 12.8. The molecule has 1 aliphatic rings. The average Bonchev–Trinajstić information content (AvgIpc) is 2.64. The quantitative estimate of drug-likeness (QED) is 0.796. The summed E-state index contributed by atoms with van der Waals surface area (Å²) in [6.07, 6.45) is 0. The molecule has 0 saturated carbocycles. The molecule has 1 aromatic rings. The summed E-state index contributed by atoms with van der Waals surface area (Å²) < 4.78 is 0. The Labute approximate surface area is 163 Å². The highest BCUT2D eigenvalue weighted by atomic mass is 16.2. The number of piperazine rings is 1. The Morgan fingerprint density at radius 2 is 2.00 bits per heavy atom. The molecule has 1 aliphatic heterocycles. The maximum Gasteiger partial charge on any atom is 0.317 e. The van der Waals surface area contributed by atoms with E-state index in [1.54, 1.807) is 4.90 Å². The van der Waals surface area contributed by atoms with Crippen LogP contribution in [-0.2, 0) is 11.3 Å². The van der Waals surface area contributed by atoms with Crippen LogP contribution in [0.5, 0.6) is 0 Å². The second kappa shape index (κ2) is 9.74. The molecule has 6 nitrogen and oxygen atoms in total. The molecule has 1 heterocycles. The van der Waals surface area contributed by atoms with Crippen LogP contribution >= 0.6 is 0 Å². The van der Waals surface area contributed by atoms with Crippen LogP contribution in [0.2, 0.25) is 0 Å². The second-order valence-electron chi connectivity index (χ2n) is 7.80. The van der Waals surface area contributed by atoms with Gasteiger partial charge in [-0.25, -0.2) is 4.79 Å². The van der Waals surface area contributed by atoms with Gasteiger partial charge in [-0.2, -0.15) is 0 Å². The normalized spacial score (nSPS) is 16.0. The topological polar surface area (TPSA) is 55.9 Å². The summed E-state index contributed by atoms with van der Waals surface area (Å²) in [7, 11) is 2.08. The minimum Gasteiger partial charge on any atom is -0.338 e. The third-order valence-electron chi connectivity index (χ3n) is 5.32. The molecule has 27 heavy (non-hydrogen) atoms. The van der Waals surface area contributed by atoms with E-state index in [1.807, 2.05) is 4.90 Å². The van der Waals surface area contributed by atoms with E-state index >= 15 is 0 Å². The lowest BCUT2D eigenvalue weighted by molar-refractivity contribution is -0.135. The Morgan fingerprint density at radius 1 is 1.26 bits per heavy atom. The maximum atomic E-state index is 12.5. The van der Waals surface area contributed by atoms with E-state index in [4.69, 9.17) is 0 Å². The number of carbonyl (C=O) groups is 2. The minimum absolute atomic E-state index is 0.00777. The summed E-state index contributed by atoms with van der Waals surface area (Å²) >= 11 is 0. The van der Waals surface area contributed by atoms with Crippen molar-refractivity contribution in [2.75, 3.05) is 46.3 Å². The number of urea groups is 1. The molecule has 0 unspecified atom stereocenters. The van der Waals surface area contributed by atoms with Crippen LogP contribution in [0, 0.1) is 19.8 Å². The molecule has 150 valence electrons.